The van der Waals surface area contributed by atoms with Gasteiger partial charge in [0.25, 0.3) is 5.91 Å². The molecule has 0 bridgehead atoms. The largest absolute Gasteiger partial charge is 0.347 e. The second-order valence-electron chi connectivity index (χ2n) is 6.52. The summed E-state index contributed by atoms with van der Waals surface area (Å²) in [5.74, 6) is -0.0908. The summed E-state index contributed by atoms with van der Waals surface area (Å²) in [5.41, 5.74) is 0.638. The predicted octanol–water partition coefficient (Wildman–Crippen LogP) is 4.55. The van der Waals surface area contributed by atoms with Gasteiger partial charge in [0.2, 0.25) is 0 Å². The maximum absolute atomic E-state index is 12.6. The maximum Gasteiger partial charge on any atom is 0.253 e. The molecule has 0 aromatic heterocycles. The molecule has 1 aliphatic carbocycles. The van der Waals surface area contributed by atoms with Gasteiger partial charge in [-0.25, -0.2) is 0 Å². The van der Waals surface area contributed by atoms with Crippen LogP contribution in [-0.4, -0.2) is 36.0 Å². The van der Waals surface area contributed by atoms with Gasteiger partial charge in [-0.3, -0.25) is 9.69 Å². The summed E-state index contributed by atoms with van der Waals surface area (Å²) in [6, 6.07) is 5.23. The molecule has 3 nitrogen and oxygen atoms in total. The first kappa shape index (κ1) is 18.9. The van der Waals surface area contributed by atoms with E-state index in [0.29, 0.717) is 15.6 Å². The number of likely N-dealkylation sites (tertiary alicyclic amines) is 1. The molecule has 1 N–H and O–H groups in total. The number of benzene rings is 1. The first-order valence-corrected chi connectivity index (χ1v) is 8.76. The highest BCUT2D eigenvalue weighted by atomic mass is 35.5. The van der Waals surface area contributed by atoms with Gasteiger partial charge in [-0.2, -0.15) is 0 Å². The van der Waals surface area contributed by atoms with Crippen molar-refractivity contribution in [2.75, 3.05) is 13.6 Å². The smallest absolute Gasteiger partial charge is 0.253 e. The summed E-state index contributed by atoms with van der Waals surface area (Å²) >= 11 is 12.1. The minimum absolute atomic E-state index is 0. The molecule has 1 aromatic carbocycles. The number of rotatable bonds is 2. The third-order valence-corrected chi connectivity index (χ3v) is 5.91. The zero-order chi connectivity index (χ0) is 15.7. The van der Waals surface area contributed by atoms with E-state index < -0.39 is 0 Å². The molecule has 1 saturated heterocycles. The Bertz CT molecular complexity index is 573. The standard InChI is InChI=1S/C17H22Cl2N2O.ClH/c1-21-10-7-15(17(21)8-3-2-4-9-17)20-16(22)13-6-5-12(18)11-14(13)19;/h5-6,11,15H,2-4,7-10H2,1H3,(H,20,22);1H. The first-order chi connectivity index (χ1) is 10.5. The molecule has 1 atom stereocenters. The monoisotopic (exact) mass is 376 g/mol. The van der Waals surface area contributed by atoms with Gasteiger partial charge in [0.15, 0.2) is 0 Å². The molecule has 3 rings (SSSR count). The number of hydrogen-bond donors (Lipinski definition) is 1. The van der Waals surface area contributed by atoms with Crippen LogP contribution in [0.5, 0.6) is 0 Å². The van der Waals surface area contributed by atoms with Crippen molar-refractivity contribution in [3.63, 3.8) is 0 Å². The van der Waals surface area contributed by atoms with Crippen molar-refractivity contribution in [3.05, 3.63) is 33.8 Å². The molecule has 1 aromatic rings. The quantitative estimate of drug-likeness (QED) is 0.820. The summed E-state index contributed by atoms with van der Waals surface area (Å²) < 4.78 is 0. The second-order valence-corrected chi connectivity index (χ2v) is 7.37. The third-order valence-electron chi connectivity index (χ3n) is 5.36. The van der Waals surface area contributed by atoms with E-state index in [-0.39, 0.29) is 29.9 Å². The molecule has 0 radical (unpaired) electrons. The van der Waals surface area contributed by atoms with E-state index in [1.54, 1.807) is 18.2 Å². The number of nitrogens with one attached hydrogen (secondary N) is 1. The Morgan fingerprint density at radius 3 is 2.61 bits per heavy atom. The van der Waals surface area contributed by atoms with Crippen molar-refractivity contribution in [2.24, 2.45) is 0 Å². The topological polar surface area (TPSA) is 32.3 Å². The Labute approximate surface area is 154 Å². The van der Waals surface area contributed by atoms with Gasteiger partial charge in [0.1, 0.15) is 0 Å². The molecule has 2 fully saturated rings. The summed E-state index contributed by atoms with van der Waals surface area (Å²) in [6.07, 6.45) is 7.15. The molecular weight excluding hydrogens is 355 g/mol. The fourth-order valence-corrected chi connectivity index (χ4v) is 4.58. The van der Waals surface area contributed by atoms with Crippen LogP contribution in [-0.2, 0) is 0 Å². The Morgan fingerprint density at radius 1 is 1.26 bits per heavy atom. The molecule has 6 heteroatoms. The van der Waals surface area contributed by atoms with E-state index in [1.807, 2.05) is 0 Å². The lowest BCUT2D eigenvalue weighted by Gasteiger charge is -2.44. The van der Waals surface area contributed by atoms with Crippen molar-refractivity contribution in [1.29, 1.82) is 0 Å². The fourth-order valence-electron chi connectivity index (χ4n) is 4.09. The number of hydrogen-bond acceptors (Lipinski definition) is 2. The number of carbonyl (C=O) groups excluding carboxylic acids is 1. The molecule has 1 heterocycles. The molecule has 1 amide bonds. The zero-order valence-electron chi connectivity index (χ0n) is 13.3. The van der Waals surface area contributed by atoms with Gasteiger partial charge in [-0.15, -0.1) is 12.4 Å². The van der Waals surface area contributed by atoms with Crippen LogP contribution in [0.1, 0.15) is 48.9 Å². The Balaban J connectivity index is 0.00000192. The number of amides is 1. The lowest BCUT2D eigenvalue weighted by Crippen LogP contribution is -2.56. The lowest BCUT2D eigenvalue weighted by atomic mass is 9.77. The summed E-state index contributed by atoms with van der Waals surface area (Å²) in [5, 5.41) is 4.20. The van der Waals surface area contributed by atoms with Crippen molar-refractivity contribution in [2.45, 2.75) is 50.1 Å². The van der Waals surface area contributed by atoms with E-state index in [4.69, 9.17) is 23.2 Å². The third kappa shape index (κ3) is 3.63. The molecule has 1 spiro atoms. The van der Waals surface area contributed by atoms with Crippen molar-refractivity contribution < 1.29 is 4.79 Å². The molecule has 23 heavy (non-hydrogen) atoms. The average molecular weight is 378 g/mol. The van der Waals surface area contributed by atoms with Gasteiger partial charge >= 0.3 is 0 Å². The molecular formula is C17H23Cl3N2O. The summed E-state index contributed by atoms with van der Waals surface area (Å²) in [7, 11) is 2.19. The van der Waals surface area contributed by atoms with Gasteiger partial charge in [0.05, 0.1) is 10.6 Å². The second kappa shape index (κ2) is 7.60. The molecule has 128 valence electrons. The van der Waals surface area contributed by atoms with Crippen molar-refractivity contribution in [1.82, 2.24) is 10.2 Å². The molecule has 1 aliphatic heterocycles. The minimum atomic E-state index is -0.0908. The zero-order valence-corrected chi connectivity index (χ0v) is 15.6. The summed E-state index contributed by atoms with van der Waals surface area (Å²) in [4.78, 5) is 15.1. The van der Waals surface area contributed by atoms with Crippen molar-refractivity contribution >= 4 is 41.5 Å². The number of nitrogens with zero attached hydrogens (tertiary/aromatic N) is 1. The van der Waals surface area contributed by atoms with Crippen LogP contribution in [0.25, 0.3) is 0 Å². The van der Waals surface area contributed by atoms with E-state index in [9.17, 15) is 4.79 Å². The van der Waals surface area contributed by atoms with E-state index in [0.717, 1.165) is 13.0 Å². The van der Waals surface area contributed by atoms with Crippen LogP contribution >= 0.6 is 35.6 Å². The highest BCUT2D eigenvalue weighted by Crippen LogP contribution is 2.41. The van der Waals surface area contributed by atoms with Crippen LogP contribution in [0.4, 0.5) is 0 Å². The van der Waals surface area contributed by atoms with Crippen LogP contribution in [0.15, 0.2) is 18.2 Å². The molecule has 1 saturated carbocycles. The predicted molar refractivity (Wildman–Crippen MR) is 98.0 cm³/mol. The Hall–Kier alpha value is -0.480. The average Bonchev–Trinajstić information content (AvgIpc) is 2.77. The van der Waals surface area contributed by atoms with Crippen LogP contribution < -0.4 is 5.32 Å². The lowest BCUT2D eigenvalue weighted by molar-refractivity contribution is 0.0764. The Kier molecular flexibility index (Phi) is 6.23. The van der Waals surface area contributed by atoms with Crippen molar-refractivity contribution in [3.8, 4) is 0 Å². The van der Waals surface area contributed by atoms with Gasteiger partial charge < -0.3 is 5.32 Å². The number of likely N-dealkylation sites (N-methyl/N-ethyl adjacent to an activating group) is 1. The van der Waals surface area contributed by atoms with Crippen LogP contribution in [0.3, 0.4) is 0 Å². The molecule has 1 unspecified atom stereocenters. The first-order valence-electron chi connectivity index (χ1n) is 8.00. The molecule has 2 aliphatic rings. The van der Waals surface area contributed by atoms with Gasteiger partial charge in [-0.1, -0.05) is 42.5 Å². The highest BCUT2D eigenvalue weighted by Gasteiger charge is 2.47. The highest BCUT2D eigenvalue weighted by molar-refractivity contribution is 6.36. The Morgan fingerprint density at radius 2 is 1.96 bits per heavy atom. The van der Waals surface area contributed by atoms with Crippen LogP contribution in [0, 0.1) is 0 Å². The normalized spacial score (nSPS) is 23.5. The maximum atomic E-state index is 12.6. The van der Waals surface area contributed by atoms with E-state index >= 15 is 0 Å². The van der Waals surface area contributed by atoms with E-state index in [1.165, 1.54) is 32.1 Å². The fraction of sp³-hybridized carbons (Fsp3) is 0.588. The van der Waals surface area contributed by atoms with Gasteiger partial charge in [0, 0.05) is 23.1 Å². The number of halogens is 3. The summed E-state index contributed by atoms with van der Waals surface area (Å²) in [6.45, 7) is 1.04. The minimum Gasteiger partial charge on any atom is -0.347 e. The number of carbonyl (C=O) groups is 1. The van der Waals surface area contributed by atoms with Gasteiger partial charge in [-0.05, 0) is 44.5 Å². The van der Waals surface area contributed by atoms with Crippen LogP contribution in [0.2, 0.25) is 10.0 Å². The SMILES string of the molecule is CN1CCC(NC(=O)c2ccc(Cl)cc2Cl)C12CCCCC2.Cl. The van der Waals surface area contributed by atoms with E-state index in [2.05, 4.69) is 17.3 Å².